The van der Waals surface area contributed by atoms with Crippen molar-refractivity contribution in [1.82, 2.24) is 0 Å². The smallest absolute Gasteiger partial charge is 0.249 e. The number of amides is 1. The Labute approximate surface area is 121 Å². The lowest BCUT2D eigenvalue weighted by molar-refractivity contribution is 0.0999. The topological polar surface area (TPSA) is 55.1 Å². The summed E-state index contributed by atoms with van der Waals surface area (Å²) in [6.07, 6.45) is 0. The molecule has 0 spiro atoms. The number of anilines is 1. The number of carbonyl (C=O) groups is 1. The summed E-state index contributed by atoms with van der Waals surface area (Å²) < 4.78 is 1.08. The number of rotatable bonds is 4. The van der Waals surface area contributed by atoms with Gasteiger partial charge < -0.3 is 11.1 Å². The number of nitrogens with one attached hydrogen (secondary N) is 1. The summed E-state index contributed by atoms with van der Waals surface area (Å²) >= 11 is 3.47. The number of primary amides is 1. The van der Waals surface area contributed by atoms with Crippen LogP contribution in [0.2, 0.25) is 0 Å². The zero-order valence-corrected chi connectivity index (χ0v) is 12.2. The van der Waals surface area contributed by atoms with Crippen molar-refractivity contribution in [1.29, 1.82) is 0 Å². The van der Waals surface area contributed by atoms with Crippen LogP contribution in [0.3, 0.4) is 0 Å². The molecule has 2 aromatic rings. The van der Waals surface area contributed by atoms with Crippen molar-refractivity contribution < 1.29 is 4.79 Å². The van der Waals surface area contributed by atoms with Crippen molar-refractivity contribution >= 4 is 27.5 Å². The highest BCUT2D eigenvalue weighted by molar-refractivity contribution is 9.10. The zero-order valence-electron chi connectivity index (χ0n) is 10.6. The summed E-state index contributed by atoms with van der Waals surface area (Å²) in [6.45, 7) is 2.60. The normalized spacial score (nSPS) is 10.2. The minimum atomic E-state index is -0.399. The fourth-order valence-electron chi connectivity index (χ4n) is 1.87. The van der Waals surface area contributed by atoms with Crippen LogP contribution in [0.15, 0.2) is 46.9 Å². The highest BCUT2D eigenvalue weighted by Gasteiger charge is 2.06. The molecule has 0 aliphatic rings. The van der Waals surface area contributed by atoms with Gasteiger partial charge in [0.25, 0.3) is 0 Å². The van der Waals surface area contributed by atoms with Gasteiger partial charge in [-0.05, 0) is 42.3 Å². The summed E-state index contributed by atoms with van der Waals surface area (Å²) in [5.74, 6) is -0.399. The molecule has 0 heterocycles. The number of aryl methyl sites for hydroxylation is 1. The van der Waals surface area contributed by atoms with Gasteiger partial charge in [-0.1, -0.05) is 34.1 Å². The standard InChI is InChI=1S/C15H15BrN2O/c1-10-8-12(6-7-14(10)16)18-9-11-4-2-3-5-13(11)15(17)19/h2-8,18H,9H2,1H3,(H2,17,19). The van der Waals surface area contributed by atoms with Crippen LogP contribution in [0.25, 0.3) is 0 Å². The summed E-state index contributed by atoms with van der Waals surface area (Å²) in [5.41, 5.74) is 8.99. The van der Waals surface area contributed by atoms with Crippen molar-refractivity contribution in [2.45, 2.75) is 13.5 Å². The van der Waals surface area contributed by atoms with Crippen LogP contribution < -0.4 is 11.1 Å². The Balaban J connectivity index is 2.14. The first-order valence-corrected chi connectivity index (χ1v) is 6.75. The molecular formula is C15H15BrN2O. The van der Waals surface area contributed by atoms with Crippen LogP contribution in [0.1, 0.15) is 21.5 Å². The number of carbonyl (C=O) groups excluding carboxylic acids is 1. The summed E-state index contributed by atoms with van der Waals surface area (Å²) in [4.78, 5) is 11.3. The van der Waals surface area contributed by atoms with Gasteiger partial charge in [0.2, 0.25) is 5.91 Å². The first kappa shape index (κ1) is 13.6. The monoisotopic (exact) mass is 318 g/mol. The molecular weight excluding hydrogens is 304 g/mol. The summed E-state index contributed by atoms with van der Waals surface area (Å²) in [5, 5.41) is 3.30. The molecule has 1 amide bonds. The Bertz CT molecular complexity index is 611. The van der Waals surface area contributed by atoms with Crippen LogP contribution in [0.5, 0.6) is 0 Å². The molecule has 4 heteroatoms. The molecule has 3 N–H and O–H groups in total. The summed E-state index contributed by atoms with van der Waals surface area (Å²) in [7, 11) is 0. The minimum absolute atomic E-state index is 0.399. The van der Waals surface area contributed by atoms with Crippen molar-refractivity contribution in [2.24, 2.45) is 5.73 Å². The van der Waals surface area contributed by atoms with E-state index >= 15 is 0 Å². The molecule has 0 saturated heterocycles. The lowest BCUT2D eigenvalue weighted by atomic mass is 10.1. The van der Waals surface area contributed by atoms with Crippen LogP contribution in [0, 0.1) is 6.92 Å². The third-order valence-electron chi connectivity index (χ3n) is 2.92. The highest BCUT2D eigenvalue weighted by atomic mass is 79.9. The maximum absolute atomic E-state index is 11.3. The molecule has 2 rings (SSSR count). The second-order valence-corrected chi connectivity index (χ2v) is 5.19. The molecule has 0 radical (unpaired) electrons. The van der Waals surface area contributed by atoms with E-state index in [-0.39, 0.29) is 0 Å². The van der Waals surface area contributed by atoms with Gasteiger partial charge in [0, 0.05) is 22.3 Å². The van der Waals surface area contributed by atoms with Crippen LogP contribution in [0.4, 0.5) is 5.69 Å². The molecule has 0 unspecified atom stereocenters. The van der Waals surface area contributed by atoms with Gasteiger partial charge in [0.1, 0.15) is 0 Å². The quantitative estimate of drug-likeness (QED) is 0.906. The SMILES string of the molecule is Cc1cc(NCc2ccccc2C(N)=O)ccc1Br. The molecule has 0 aromatic heterocycles. The van der Waals surface area contributed by atoms with Crippen molar-refractivity contribution in [3.05, 3.63) is 63.6 Å². The lowest BCUT2D eigenvalue weighted by Crippen LogP contribution is -2.15. The zero-order chi connectivity index (χ0) is 13.8. The largest absolute Gasteiger partial charge is 0.381 e. The Kier molecular flexibility index (Phi) is 4.22. The van der Waals surface area contributed by atoms with E-state index in [9.17, 15) is 4.79 Å². The van der Waals surface area contributed by atoms with Crippen LogP contribution in [-0.2, 0) is 6.54 Å². The fraction of sp³-hybridized carbons (Fsp3) is 0.133. The summed E-state index contributed by atoms with van der Waals surface area (Å²) in [6, 6.07) is 13.4. The molecule has 0 aliphatic carbocycles. The number of halogens is 1. The van der Waals surface area contributed by atoms with Crippen molar-refractivity contribution in [3.63, 3.8) is 0 Å². The second kappa shape index (κ2) is 5.89. The van der Waals surface area contributed by atoms with E-state index in [1.165, 1.54) is 0 Å². The molecule has 0 bridgehead atoms. The number of nitrogens with two attached hydrogens (primary N) is 1. The van der Waals surface area contributed by atoms with E-state index in [0.29, 0.717) is 12.1 Å². The van der Waals surface area contributed by atoms with Gasteiger partial charge in [-0.25, -0.2) is 0 Å². The van der Waals surface area contributed by atoms with Crippen LogP contribution in [-0.4, -0.2) is 5.91 Å². The van der Waals surface area contributed by atoms with Gasteiger partial charge >= 0.3 is 0 Å². The highest BCUT2D eigenvalue weighted by Crippen LogP contribution is 2.20. The average molecular weight is 319 g/mol. The third-order valence-corrected chi connectivity index (χ3v) is 3.81. The van der Waals surface area contributed by atoms with Gasteiger partial charge in [-0.15, -0.1) is 0 Å². The molecule has 98 valence electrons. The first-order valence-electron chi connectivity index (χ1n) is 5.95. The Hall–Kier alpha value is -1.81. The average Bonchev–Trinajstić information content (AvgIpc) is 2.40. The molecule has 2 aromatic carbocycles. The Morgan fingerprint density at radius 3 is 2.68 bits per heavy atom. The fourth-order valence-corrected chi connectivity index (χ4v) is 2.11. The molecule has 0 aliphatic heterocycles. The maximum Gasteiger partial charge on any atom is 0.249 e. The van der Waals surface area contributed by atoms with E-state index in [2.05, 4.69) is 27.3 Å². The molecule has 19 heavy (non-hydrogen) atoms. The predicted molar refractivity (Wildman–Crippen MR) is 81.2 cm³/mol. The van der Waals surface area contributed by atoms with Crippen molar-refractivity contribution in [2.75, 3.05) is 5.32 Å². The molecule has 3 nitrogen and oxygen atoms in total. The predicted octanol–water partition coefficient (Wildman–Crippen LogP) is 3.47. The maximum atomic E-state index is 11.3. The van der Waals surface area contributed by atoms with E-state index < -0.39 is 5.91 Å². The van der Waals surface area contributed by atoms with E-state index in [1.807, 2.05) is 37.3 Å². The van der Waals surface area contributed by atoms with E-state index in [1.54, 1.807) is 6.07 Å². The Morgan fingerprint density at radius 2 is 2.00 bits per heavy atom. The second-order valence-electron chi connectivity index (χ2n) is 4.34. The Morgan fingerprint density at radius 1 is 1.26 bits per heavy atom. The third kappa shape index (κ3) is 3.35. The molecule has 0 fully saturated rings. The van der Waals surface area contributed by atoms with Crippen LogP contribution >= 0.6 is 15.9 Å². The number of hydrogen-bond donors (Lipinski definition) is 2. The van der Waals surface area contributed by atoms with Gasteiger partial charge in [0.05, 0.1) is 0 Å². The van der Waals surface area contributed by atoms with Gasteiger partial charge in [-0.2, -0.15) is 0 Å². The molecule has 0 saturated carbocycles. The van der Waals surface area contributed by atoms with Gasteiger partial charge in [0.15, 0.2) is 0 Å². The molecule has 0 atom stereocenters. The number of hydrogen-bond acceptors (Lipinski definition) is 2. The van der Waals surface area contributed by atoms with Crippen molar-refractivity contribution in [3.8, 4) is 0 Å². The number of benzene rings is 2. The minimum Gasteiger partial charge on any atom is -0.381 e. The van der Waals surface area contributed by atoms with E-state index in [4.69, 9.17) is 5.73 Å². The van der Waals surface area contributed by atoms with Gasteiger partial charge in [-0.3, -0.25) is 4.79 Å². The lowest BCUT2D eigenvalue weighted by Gasteiger charge is -2.10. The first-order chi connectivity index (χ1) is 9.08. The van der Waals surface area contributed by atoms with E-state index in [0.717, 1.165) is 21.3 Å².